The minimum atomic E-state index is -4.79. The third-order valence-electron chi connectivity index (χ3n) is 5.60. The molecule has 2 aliphatic heterocycles. The highest BCUT2D eigenvalue weighted by Crippen LogP contribution is 2.32. The molecule has 2 heterocycles. The number of ether oxygens (including phenoxy) is 2. The van der Waals surface area contributed by atoms with Crippen molar-refractivity contribution in [1.82, 2.24) is 9.79 Å². The second-order valence-corrected chi connectivity index (χ2v) is 9.45. The zero-order valence-corrected chi connectivity index (χ0v) is 17.6. The van der Waals surface area contributed by atoms with Gasteiger partial charge in [0.05, 0.1) is 6.10 Å². The number of nitrogens with one attached hydrogen (secondary N) is 1. The SMILES string of the molecule is O=C(NO)C1(S(=O)N2CCC(OCCCCCC(F)C(F)(F)F)CC2)CCOCC1. The number of hydrogen-bond donors (Lipinski definition) is 2. The van der Waals surface area contributed by atoms with Gasteiger partial charge in [-0.1, -0.05) is 12.8 Å². The van der Waals surface area contributed by atoms with Crippen LogP contribution in [-0.4, -0.2) is 75.7 Å². The maximum Gasteiger partial charge on any atom is 0.419 e. The van der Waals surface area contributed by atoms with Crippen molar-refractivity contribution in [2.75, 3.05) is 32.9 Å². The zero-order valence-electron chi connectivity index (χ0n) is 16.8. The highest BCUT2D eigenvalue weighted by molar-refractivity contribution is 7.85. The first kappa shape index (κ1) is 25.4. The molecule has 2 rings (SSSR count). The maximum absolute atomic E-state index is 13.1. The van der Waals surface area contributed by atoms with E-state index in [4.69, 9.17) is 14.7 Å². The second-order valence-electron chi connectivity index (χ2n) is 7.65. The van der Waals surface area contributed by atoms with E-state index in [-0.39, 0.29) is 25.4 Å². The first-order chi connectivity index (χ1) is 14.2. The number of piperidine rings is 1. The average molecular weight is 463 g/mol. The van der Waals surface area contributed by atoms with Crippen LogP contribution in [0.25, 0.3) is 0 Å². The molecule has 2 atom stereocenters. The molecule has 0 aliphatic carbocycles. The molecular weight excluding hydrogens is 432 g/mol. The van der Waals surface area contributed by atoms with Crippen LogP contribution >= 0.6 is 0 Å². The van der Waals surface area contributed by atoms with E-state index in [0.29, 0.717) is 58.6 Å². The van der Waals surface area contributed by atoms with E-state index in [1.165, 1.54) is 0 Å². The van der Waals surface area contributed by atoms with Gasteiger partial charge in [-0.15, -0.1) is 0 Å². The number of nitrogens with zero attached hydrogens (tertiary/aromatic N) is 1. The minimum absolute atomic E-state index is 0.0559. The van der Waals surface area contributed by atoms with Crippen molar-refractivity contribution in [2.24, 2.45) is 0 Å². The lowest BCUT2D eigenvalue weighted by atomic mass is 9.98. The summed E-state index contributed by atoms with van der Waals surface area (Å²) in [6.07, 6.45) is -5.23. The van der Waals surface area contributed by atoms with Crippen LogP contribution in [0.5, 0.6) is 0 Å². The smallest absolute Gasteiger partial charge is 0.381 e. The van der Waals surface area contributed by atoms with Crippen molar-refractivity contribution in [3.63, 3.8) is 0 Å². The van der Waals surface area contributed by atoms with E-state index >= 15 is 0 Å². The Kier molecular flexibility index (Phi) is 9.92. The summed E-state index contributed by atoms with van der Waals surface area (Å²) in [4.78, 5) is 12.2. The normalized spacial score (nSPS) is 23.1. The summed E-state index contributed by atoms with van der Waals surface area (Å²) in [5.74, 6) is -0.663. The first-order valence-corrected chi connectivity index (χ1v) is 11.3. The minimum Gasteiger partial charge on any atom is -0.381 e. The monoisotopic (exact) mass is 462 g/mol. The van der Waals surface area contributed by atoms with Gasteiger partial charge in [0.15, 0.2) is 6.17 Å². The molecule has 30 heavy (non-hydrogen) atoms. The molecule has 0 bridgehead atoms. The summed E-state index contributed by atoms with van der Waals surface area (Å²) in [6, 6.07) is 0. The summed E-state index contributed by atoms with van der Waals surface area (Å²) in [5, 5.41) is 9.08. The predicted octanol–water partition coefficient (Wildman–Crippen LogP) is 2.65. The Morgan fingerprint density at radius 1 is 1.23 bits per heavy atom. The number of halogens is 4. The number of rotatable bonds is 10. The predicted molar refractivity (Wildman–Crippen MR) is 101 cm³/mol. The highest BCUT2D eigenvalue weighted by Gasteiger charge is 2.48. The van der Waals surface area contributed by atoms with E-state index in [0.717, 1.165) is 0 Å². The zero-order chi connectivity index (χ0) is 22.2. The number of hydroxylamine groups is 1. The quantitative estimate of drug-likeness (QED) is 0.226. The van der Waals surface area contributed by atoms with Crippen molar-refractivity contribution in [2.45, 2.75) is 74.6 Å². The first-order valence-electron chi connectivity index (χ1n) is 10.2. The largest absolute Gasteiger partial charge is 0.419 e. The van der Waals surface area contributed by atoms with Gasteiger partial charge in [-0.05, 0) is 38.5 Å². The summed E-state index contributed by atoms with van der Waals surface area (Å²) >= 11 is 0. The fraction of sp³-hybridized carbons (Fsp3) is 0.944. The van der Waals surface area contributed by atoms with Crippen LogP contribution in [0, 0.1) is 0 Å². The molecule has 0 spiro atoms. The van der Waals surface area contributed by atoms with Crippen molar-refractivity contribution in [3.05, 3.63) is 0 Å². The lowest BCUT2D eigenvalue weighted by Crippen LogP contribution is -2.57. The molecule has 0 radical (unpaired) electrons. The van der Waals surface area contributed by atoms with Crippen molar-refractivity contribution >= 4 is 16.9 Å². The molecule has 0 aromatic heterocycles. The third-order valence-corrected chi connectivity index (χ3v) is 7.69. The molecule has 2 fully saturated rings. The Bertz CT molecular complexity index is 567. The number of alkyl halides is 4. The molecule has 2 unspecified atom stereocenters. The Morgan fingerprint density at radius 2 is 1.87 bits per heavy atom. The van der Waals surface area contributed by atoms with E-state index in [2.05, 4.69) is 0 Å². The van der Waals surface area contributed by atoms with E-state index < -0.39 is 40.4 Å². The Morgan fingerprint density at radius 3 is 2.43 bits per heavy atom. The topological polar surface area (TPSA) is 88.1 Å². The van der Waals surface area contributed by atoms with Gasteiger partial charge in [0, 0.05) is 32.9 Å². The Hall–Kier alpha value is -0.820. The number of carbonyl (C=O) groups is 1. The van der Waals surface area contributed by atoms with Gasteiger partial charge in [-0.2, -0.15) is 13.2 Å². The fourth-order valence-corrected chi connectivity index (χ4v) is 5.47. The van der Waals surface area contributed by atoms with Crippen LogP contribution in [0.1, 0.15) is 51.4 Å². The molecule has 0 saturated carbocycles. The molecule has 2 saturated heterocycles. The van der Waals surface area contributed by atoms with E-state index in [1.54, 1.807) is 9.79 Å². The van der Waals surface area contributed by atoms with E-state index in [9.17, 15) is 26.6 Å². The van der Waals surface area contributed by atoms with Crippen LogP contribution in [0.15, 0.2) is 0 Å². The molecule has 12 heteroatoms. The number of unbranched alkanes of at least 4 members (excludes halogenated alkanes) is 2. The maximum atomic E-state index is 13.1. The van der Waals surface area contributed by atoms with Crippen molar-refractivity contribution in [1.29, 1.82) is 0 Å². The van der Waals surface area contributed by atoms with Gasteiger partial charge in [0.2, 0.25) is 0 Å². The van der Waals surface area contributed by atoms with Crippen molar-refractivity contribution < 1.29 is 41.2 Å². The average Bonchev–Trinajstić information content (AvgIpc) is 2.75. The molecule has 7 nitrogen and oxygen atoms in total. The summed E-state index contributed by atoms with van der Waals surface area (Å²) in [7, 11) is -1.62. The molecule has 2 aliphatic rings. The van der Waals surface area contributed by atoms with Gasteiger partial charge in [-0.25, -0.2) is 18.4 Å². The van der Waals surface area contributed by atoms with Crippen LogP contribution in [-0.2, 0) is 25.3 Å². The Balaban J connectivity index is 1.68. The molecule has 0 aromatic rings. The fourth-order valence-electron chi connectivity index (χ4n) is 3.71. The van der Waals surface area contributed by atoms with Gasteiger partial charge < -0.3 is 9.47 Å². The summed E-state index contributed by atoms with van der Waals surface area (Å²) < 4.78 is 73.7. The van der Waals surface area contributed by atoms with Gasteiger partial charge in [-0.3, -0.25) is 10.0 Å². The van der Waals surface area contributed by atoms with Crippen LogP contribution in [0.4, 0.5) is 17.6 Å². The highest BCUT2D eigenvalue weighted by atomic mass is 32.2. The van der Waals surface area contributed by atoms with Crippen LogP contribution in [0.2, 0.25) is 0 Å². The second kappa shape index (κ2) is 11.7. The number of amides is 1. The summed E-state index contributed by atoms with van der Waals surface area (Å²) in [6.45, 7) is 1.90. The number of carbonyl (C=O) groups excluding carboxylic acids is 1. The standard InChI is InChI=1S/C18H30F4N2O5S/c19-15(18(20,21)22)4-2-1-3-11-29-14-5-9-24(10-6-14)30(27)17(16(25)23-26)7-12-28-13-8-17/h14-15,26H,1-13H2,(H,23,25). The van der Waals surface area contributed by atoms with Gasteiger partial charge >= 0.3 is 6.18 Å². The molecule has 0 aromatic carbocycles. The third kappa shape index (κ3) is 6.84. The molecule has 176 valence electrons. The van der Waals surface area contributed by atoms with Gasteiger partial charge in [0.1, 0.15) is 15.7 Å². The molecule has 1 amide bonds. The van der Waals surface area contributed by atoms with E-state index in [1.807, 2.05) is 0 Å². The van der Waals surface area contributed by atoms with Crippen LogP contribution < -0.4 is 5.48 Å². The lowest BCUT2D eigenvalue weighted by Gasteiger charge is -2.40. The molecule has 2 N–H and O–H groups in total. The van der Waals surface area contributed by atoms with Crippen molar-refractivity contribution in [3.8, 4) is 0 Å². The number of hydrogen-bond acceptors (Lipinski definition) is 5. The molecular formula is C18H30F4N2O5S. The summed E-state index contributed by atoms with van der Waals surface area (Å²) in [5.41, 5.74) is 1.64. The lowest BCUT2D eigenvalue weighted by molar-refractivity contribution is -0.182. The van der Waals surface area contributed by atoms with Crippen LogP contribution in [0.3, 0.4) is 0 Å². The van der Waals surface area contributed by atoms with Gasteiger partial charge in [0.25, 0.3) is 5.91 Å². The Labute approximate surface area is 176 Å².